The summed E-state index contributed by atoms with van der Waals surface area (Å²) in [6.07, 6.45) is 4.65. The van der Waals surface area contributed by atoms with E-state index in [1.54, 1.807) is 6.07 Å². The first-order chi connectivity index (χ1) is 17.2. The summed E-state index contributed by atoms with van der Waals surface area (Å²) in [5.74, 6) is -0.583. The molecular weight excluding hydrogens is 474 g/mol. The van der Waals surface area contributed by atoms with Gasteiger partial charge in [-0.1, -0.05) is 61.3 Å². The molecule has 1 unspecified atom stereocenters. The minimum atomic E-state index is -1.04. The van der Waals surface area contributed by atoms with E-state index in [1.165, 1.54) is 10.5 Å². The van der Waals surface area contributed by atoms with Crippen LogP contribution in [-0.2, 0) is 30.6 Å². The molecule has 1 amide bonds. The molecule has 0 fully saturated rings. The molecule has 3 aromatic carbocycles. The van der Waals surface area contributed by atoms with Crippen LogP contribution in [0.25, 0.3) is 0 Å². The normalized spacial score (nSPS) is 16.3. The topological polar surface area (TPSA) is 66.8 Å². The molecule has 0 aliphatic carbocycles. The number of fused-ring (bicyclic) bond motifs is 1. The third-order valence-electron chi connectivity index (χ3n) is 6.55. The van der Waals surface area contributed by atoms with Gasteiger partial charge < -0.3 is 14.7 Å². The Morgan fingerprint density at radius 3 is 2.33 bits per heavy atom. The third kappa shape index (κ3) is 6.46. The average Bonchev–Trinajstić information content (AvgIpc) is 3.18. The number of hydrogen-bond acceptors (Lipinski definition) is 3. The van der Waals surface area contributed by atoms with Crippen LogP contribution in [0.4, 0.5) is 0 Å². The van der Waals surface area contributed by atoms with Crippen molar-refractivity contribution in [3.8, 4) is 5.75 Å². The lowest BCUT2D eigenvalue weighted by Gasteiger charge is -2.24. The number of unbranched alkanes of at least 4 members (excludes halogenated alkanes) is 1. The molecule has 1 heterocycles. The Hall–Kier alpha value is -3.31. The standard InChI is InChI=1S/C30H32ClNO4/c1-3-4-5-21-6-8-23(9-7-21)19-32(20-28(33)34)29(35)24-12-15-27-25(16-24)18-30(2,36-27)17-22-10-13-26(31)14-11-22/h6-16H,3-5,17-20H2,1-2H3,(H,33,34). The Morgan fingerprint density at radius 2 is 1.67 bits per heavy atom. The number of carbonyl (C=O) groups excluding carboxylic acids is 1. The number of hydrogen-bond donors (Lipinski definition) is 1. The van der Waals surface area contributed by atoms with Gasteiger partial charge in [-0.2, -0.15) is 0 Å². The molecular formula is C30H32ClNO4. The highest BCUT2D eigenvalue weighted by molar-refractivity contribution is 6.30. The van der Waals surface area contributed by atoms with Gasteiger partial charge in [0.25, 0.3) is 5.91 Å². The summed E-state index contributed by atoms with van der Waals surface area (Å²) >= 11 is 6.01. The van der Waals surface area contributed by atoms with Crippen LogP contribution in [0.3, 0.4) is 0 Å². The monoisotopic (exact) mass is 505 g/mol. The fourth-order valence-corrected chi connectivity index (χ4v) is 4.87. The van der Waals surface area contributed by atoms with E-state index in [1.807, 2.05) is 48.5 Å². The fourth-order valence-electron chi connectivity index (χ4n) is 4.75. The van der Waals surface area contributed by atoms with Gasteiger partial charge in [0.15, 0.2) is 0 Å². The maximum absolute atomic E-state index is 13.4. The van der Waals surface area contributed by atoms with Crippen molar-refractivity contribution in [1.82, 2.24) is 4.90 Å². The van der Waals surface area contributed by atoms with Gasteiger partial charge in [0.05, 0.1) is 0 Å². The Kier molecular flexibility index (Phi) is 8.00. The van der Waals surface area contributed by atoms with Crippen molar-refractivity contribution >= 4 is 23.5 Å². The van der Waals surface area contributed by atoms with E-state index in [2.05, 4.69) is 26.0 Å². The second-order valence-corrected chi connectivity index (χ2v) is 10.3. The number of ether oxygens (including phenoxy) is 1. The number of rotatable bonds is 10. The fraction of sp³-hybridized carbons (Fsp3) is 0.333. The zero-order valence-electron chi connectivity index (χ0n) is 20.8. The molecule has 0 spiro atoms. The van der Waals surface area contributed by atoms with Crippen molar-refractivity contribution in [2.45, 2.75) is 58.1 Å². The third-order valence-corrected chi connectivity index (χ3v) is 6.80. The Morgan fingerprint density at radius 1 is 1.00 bits per heavy atom. The first kappa shape index (κ1) is 25.8. The number of benzene rings is 3. The second kappa shape index (κ2) is 11.2. The Labute approximate surface area is 217 Å². The number of halogens is 1. The Bertz CT molecular complexity index is 1220. The number of amides is 1. The zero-order chi connectivity index (χ0) is 25.7. The van der Waals surface area contributed by atoms with Crippen molar-refractivity contribution in [2.75, 3.05) is 6.54 Å². The van der Waals surface area contributed by atoms with Crippen LogP contribution in [0, 0.1) is 0 Å². The van der Waals surface area contributed by atoms with Crippen molar-refractivity contribution in [3.05, 3.63) is 99.6 Å². The van der Waals surface area contributed by atoms with E-state index in [-0.39, 0.29) is 19.0 Å². The van der Waals surface area contributed by atoms with Crippen LogP contribution in [0.1, 0.15) is 59.3 Å². The van der Waals surface area contributed by atoms with Crippen LogP contribution in [0.5, 0.6) is 5.75 Å². The maximum atomic E-state index is 13.4. The summed E-state index contributed by atoms with van der Waals surface area (Å²) < 4.78 is 6.27. The first-order valence-electron chi connectivity index (χ1n) is 12.4. The summed E-state index contributed by atoms with van der Waals surface area (Å²) in [4.78, 5) is 26.3. The molecule has 0 saturated carbocycles. The van der Waals surface area contributed by atoms with Crippen LogP contribution < -0.4 is 4.74 Å². The minimum absolute atomic E-state index is 0.237. The lowest BCUT2D eigenvalue weighted by Crippen LogP contribution is -2.35. The van der Waals surface area contributed by atoms with E-state index in [4.69, 9.17) is 16.3 Å². The van der Waals surface area contributed by atoms with Crippen molar-refractivity contribution < 1.29 is 19.4 Å². The molecule has 188 valence electrons. The number of aryl methyl sites for hydroxylation is 1. The van der Waals surface area contributed by atoms with Crippen molar-refractivity contribution in [2.24, 2.45) is 0 Å². The molecule has 1 atom stereocenters. The molecule has 36 heavy (non-hydrogen) atoms. The van der Waals surface area contributed by atoms with Gasteiger partial charge in [0.2, 0.25) is 0 Å². The zero-order valence-corrected chi connectivity index (χ0v) is 21.6. The molecule has 4 rings (SSSR count). The van der Waals surface area contributed by atoms with Gasteiger partial charge in [0.1, 0.15) is 17.9 Å². The van der Waals surface area contributed by atoms with Crippen LogP contribution in [0.2, 0.25) is 5.02 Å². The van der Waals surface area contributed by atoms with Crippen LogP contribution in [-0.4, -0.2) is 34.0 Å². The minimum Gasteiger partial charge on any atom is -0.487 e. The number of aliphatic carboxylic acids is 1. The maximum Gasteiger partial charge on any atom is 0.323 e. The van der Waals surface area contributed by atoms with E-state index >= 15 is 0 Å². The lowest BCUT2D eigenvalue weighted by atomic mass is 9.91. The van der Waals surface area contributed by atoms with Gasteiger partial charge in [-0.25, -0.2) is 0 Å². The highest BCUT2D eigenvalue weighted by Gasteiger charge is 2.35. The molecule has 1 aliphatic rings. The summed E-state index contributed by atoms with van der Waals surface area (Å²) in [7, 11) is 0. The van der Waals surface area contributed by atoms with E-state index in [0.717, 1.165) is 41.7 Å². The quantitative estimate of drug-likeness (QED) is 0.349. The van der Waals surface area contributed by atoms with Crippen molar-refractivity contribution in [3.63, 3.8) is 0 Å². The smallest absolute Gasteiger partial charge is 0.323 e. The van der Waals surface area contributed by atoms with Gasteiger partial charge >= 0.3 is 5.97 Å². The number of nitrogens with zero attached hydrogens (tertiary/aromatic N) is 1. The highest BCUT2D eigenvalue weighted by atomic mass is 35.5. The first-order valence-corrected chi connectivity index (χ1v) is 12.8. The molecule has 0 saturated heterocycles. The second-order valence-electron chi connectivity index (χ2n) is 9.83. The predicted octanol–water partition coefficient (Wildman–Crippen LogP) is 6.35. The average molecular weight is 506 g/mol. The SMILES string of the molecule is CCCCc1ccc(CN(CC(=O)O)C(=O)c2ccc3c(c2)CC(C)(Cc2ccc(Cl)cc2)O3)cc1. The number of carbonyl (C=O) groups is 2. The molecule has 5 nitrogen and oxygen atoms in total. The highest BCUT2D eigenvalue weighted by Crippen LogP contribution is 2.37. The summed E-state index contributed by atoms with van der Waals surface area (Å²) in [6, 6.07) is 21.2. The summed E-state index contributed by atoms with van der Waals surface area (Å²) in [5, 5.41) is 10.2. The van der Waals surface area contributed by atoms with Gasteiger partial charge in [0, 0.05) is 30.0 Å². The molecule has 1 aliphatic heterocycles. The van der Waals surface area contributed by atoms with Gasteiger partial charge in [-0.3, -0.25) is 9.59 Å². The molecule has 1 N–H and O–H groups in total. The number of carboxylic acid groups (broad SMARTS) is 1. The van der Waals surface area contributed by atoms with Gasteiger partial charge in [-0.05, 0) is 72.4 Å². The number of carboxylic acids is 1. The van der Waals surface area contributed by atoms with Crippen molar-refractivity contribution in [1.29, 1.82) is 0 Å². The van der Waals surface area contributed by atoms with Gasteiger partial charge in [-0.15, -0.1) is 0 Å². The molecule has 6 heteroatoms. The van der Waals surface area contributed by atoms with Crippen LogP contribution in [0.15, 0.2) is 66.7 Å². The van der Waals surface area contributed by atoms with E-state index < -0.39 is 11.6 Å². The largest absolute Gasteiger partial charge is 0.487 e. The van der Waals surface area contributed by atoms with E-state index in [9.17, 15) is 14.7 Å². The molecule has 0 bridgehead atoms. The van der Waals surface area contributed by atoms with E-state index in [0.29, 0.717) is 23.4 Å². The molecule has 0 radical (unpaired) electrons. The van der Waals surface area contributed by atoms with Crippen LogP contribution >= 0.6 is 11.6 Å². The predicted molar refractivity (Wildman–Crippen MR) is 142 cm³/mol. The Balaban J connectivity index is 1.48. The summed E-state index contributed by atoms with van der Waals surface area (Å²) in [6.45, 7) is 4.10. The molecule has 0 aromatic heterocycles. The summed E-state index contributed by atoms with van der Waals surface area (Å²) in [5.41, 5.74) is 4.26. The lowest BCUT2D eigenvalue weighted by molar-refractivity contribution is -0.137. The molecule has 3 aromatic rings.